The number of halogens is 1. The van der Waals surface area contributed by atoms with Crippen molar-refractivity contribution < 1.29 is 4.39 Å². The molecular formula is C13H11FN4. The van der Waals surface area contributed by atoms with Gasteiger partial charge in [-0.3, -0.25) is 0 Å². The summed E-state index contributed by atoms with van der Waals surface area (Å²) in [5.41, 5.74) is 8.90. The van der Waals surface area contributed by atoms with E-state index in [2.05, 4.69) is 10.1 Å². The fraction of sp³-hybridized carbons (Fsp3) is 0.0769. The van der Waals surface area contributed by atoms with Gasteiger partial charge in [-0.15, -0.1) is 5.10 Å². The zero-order valence-electron chi connectivity index (χ0n) is 9.76. The third-order valence-corrected chi connectivity index (χ3v) is 2.87. The van der Waals surface area contributed by atoms with E-state index < -0.39 is 0 Å². The van der Waals surface area contributed by atoms with Crippen LogP contribution in [0.25, 0.3) is 17.0 Å². The number of nitrogen functional groups attached to an aromatic ring is 1. The molecule has 3 aromatic rings. The summed E-state index contributed by atoms with van der Waals surface area (Å²) in [5, 5.41) is 4.32. The van der Waals surface area contributed by atoms with Crippen LogP contribution in [0.5, 0.6) is 0 Å². The highest BCUT2D eigenvalue weighted by molar-refractivity contribution is 5.70. The molecule has 5 heteroatoms. The number of anilines is 1. The highest BCUT2D eigenvalue weighted by Gasteiger charge is 2.09. The molecule has 90 valence electrons. The van der Waals surface area contributed by atoms with E-state index in [1.807, 2.05) is 13.0 Å². The van der Waals surface area contributed by atoms with Crippen LogP contribution in [0.4, 0.5) is 10.1 Å². The zero-order chi connectivity index (χ0) is 12.7. The maximum Gasteiger partial charge on any atom is 0.182 e. The van der Waals surface area contributed by atoms with Crippen molar-refractivity contribution in [1.82, 2.24) is 14.6 Å². The van der Waals surface area contributed by atoms with Crippen molar-refractivity contribution in [3.05, 3.63) is 47.9 Å². The van der Waals surface area contributed by atoms with Crippen molar-refractivity contribution >= 4 is 11.3 Å². The lowest BCUT2D eigenvalue weighted by Gasteiger charge is -1.98. The van der Waals surface area contributed by atoms with Crippen LogP contribution in [0.2, 0.25) is 0 Å². The summed E-state index contributed by atoms with van der Waals surface area (Å²) in [6.45, 7) is 1.92. The minimum absolute atomic E-state index is 0.280. The van der Waals surface area contributed by atoms with Gasteiger partial charge in [0.05, 0.1) is 5.69 Å². The van der Waals surface area contributed by atoms with E-state index in [9.17, 15) is 4.39 Å². The lowest BCUT2D eigenvalue weighted by atomic mass is 10.2. The van der Waals surface area contributed by atoms with Crippen LogP contribution in [0.15, 0.2) is 36.5 Å². The summed E-state index contributed by atoms with van der Waals surface area (Å²) in [4.78, 5) is 4.38. The predicted octanol–water partition coefficient (Wildman–Crippen LogP) is 2.43. The number of aryl methyl sites for hydroxylation is 1. The van der Waals surface area contributed by atoms with Crippen LogP contribution in [0, 0.1) is 12.7 Å². The van der Waals surface area contributed by atoms with Gasteiger partial charge in [0, 0.05) is 11.8 Å². The van der Waals surface area contributed by atoms with Crippen LogP contribution < -0.4 is 5.73 Å². The third kappa shape index (κ3) is 1.60. The number of rotatable bonds is 1. The van der Waals surface area contributed by atoms with Gasteiger partial charge in [-0.25, -0.2) is 13.9 Å². The fourth-order valence-electron chi connectivity index (χ4n) is 1.78. The summed E-state index contributed by atoms with van der Waals surface area (Å²) in [5.74, 6) is 0.255. The van der Waals surface area contributed by atoms with Gasteiger partial charge in [-0.2, -0.15) is 0 Å². The minimum atomic E-state index is -0.280. The Morgan fingerprint density at radius 2 is 1.89 bits per heavy atom. The van der Waals surface area contributed by atoms with Crippen molar-refractivity contribution in [2.75, 3.05) is 5.73 Å². The monoisotopic (exact) mass is 242 g/mol. The normalized spacial score (nSPS) is 11.0. The molecule has 0 unspecified atom stereocenters. The number of aromatic nitrogens is 3. The van der Waals surface area contributed by atoms with Crippen LogP contribution in [0.1, 0.15) is 5.56 Å². The second-order valence-corrected chi connectivity index (χ2v) is 4.12. The molecule has 0 aliphatic heterocycles. The standard InChI is InChI=1S/C13H11FN4/c1-8-6-7-18-13(11(8)15)16-12(17-18)9-2-4-10(14)5-3-9/h2-7H,15H2,1H3. The van der Waals surface area contributed by atoms with Gasteiger partial charge in [-0.1, -0.05) is 0 Å². The van der Waals surface area contributed by atoms with Crippen LogP contribution in [0.3, 0.4) is 0 Å². The average Bonchev–Trinajstić information content (AvgIpc) is 2.80. The molecule has 1 aromatic carbocycles. The van der Waals surface area contributed by atoms with E-state index >= 15 is 0 Å². The second-order valence-electron chi connectivity index (χ2n) is 4.12. The molecule has 0 spiro atoms. The maximum atomic E-state index is 12.9. The number of fused-ring (bicyclic) bond motifs is 1. The molecule has 2 heterocycles. The highest BCUT2D eigenvalue weighted by Crippen LogP contribution is 2.21. The molecule has 0 amide bonds. The third-order valence-electron chi connectivity index (χ3n) is 2.87. The van der Waals surface area contributed by atoms with E-state index in [1.165, 1.54) is 12.1 Å². The molecule has 2 aromatic heterocycles. The molecular weight excluding hydrogens is 231 g/mol. The summed E-state index contributed by atoms with van der Waals surface area (Å²) < 4.78 is 14.5. The predicted molar refractivity (Wildman–Crippen MR) is 67.5 cm³/mol. The summed E-state index contributed by atoms with van der Waals surface area (Å²) in [6.07, 6.45) is 1.81. The first-order chi connectivity index (χ1) is 8.65. The van der Waals surface area contributed by atoms with Gasteiger partial charge in [0.15, 0.2) is 11.5 Å². The number of nitrogens with two attached hydrogens (primary N) is 1. The van der Waals surface area contributed by atoms with Crippen LogP contribution in [-0.2, 0) is 0 Å². The maximum absolute atomic E-state index is 12.9. The Labute approximate surface area is 103 Å². The molecule has 18 heavy (non-hydrogen) atoms. The first kappa shape index (κ1) is 10.7. The SMILES string of the molecule is Cc1ccn2nc(-c3ccc(F)cc3)nc2c1N. The van der Waals surface area contributed by atoms with Crippen LogP contribution >= 0.6 is 0 Å². The Kier molecular flexibility index (Phi) is 2.26. The van der Waals surface area contributed by atoms with E-state index in [0.717, 1.165) is 11.1 Å². The number of benzene rings is 1. The van der Waals surface area contributed by atoms with E-state index in [0.29, 0.717) is 17.2 Å². The van der Waals surface area contributed by atoms with Crippen molar-refractivity contribution in [2.45, 2.75) is 6.92 Å². The smallest absolute Gasteiger partial charge is 0.182 e. The molecule has 0 atom stereocenters. The lowest BCUT2D eigenvalue weighted by molar-refractivity contribution is 0.628. The Morgan fingerprint density at radius 1 is 1.17 bits per heavy atom. The number of hydrogen-bond acceptors (Lipinski definition) is 3. The molecule has 0 aliphatic carbocycles. The van der Waals surface area contributed by atoms with Gasteiger partial charge in [0.1, 0.15) is 5.82 Å². The Balaban J connectivity index is 2.19. The van der Waals surface area contributed by atoms with Gasteiger partial charge in [0.25, 0.3) is 0 Å². The highest BCUT2D eigenvalue weighted by atomic mass is 19.1. The molecule has 4 nitrogen and oxygen atoms in total. The molecule has 0 saturated heterocycles. The largest absolute Gasteiger partial charge is 0.395 e. The van der Waals surface area contributed by atoms with Crippen molar-refractivity contribution in [3.8, 4) is 11.4 Å². The number of hydrogen-bond donors (Lipinski definition) is 1. The first-order valence-corrected chi connectivity index (χ1v) is 5.52. The van der Waals surface area contributed by atoms with Gasteiger partial charge in [0.2, 0.25) is 0 Å². The van der Waals surface area contributed by atoms with Gasteiger partial charge in [-0.05, 0) is 42.8 Å². The van der Waals surface area contributed by atoms with Gasteiger partial charge >= 0.3 is 0 Å². The van der Waals surface area contributed by atoms with Crippen molar-refractivity contribution in [1.29, 1.82) is 0 Å². The average molecular weight is 242 g/mol. The van der Waals surface area contributed by atoms with Crippen molar-refractivity contribution in [3.63, 3.8) is 0 Å². The number of pyridine rings is 1. The van der Waals surface area contributed by atoms with Crippen molar-refractivity contribution in [2.24, 2.45) is 0 Å². The molecule has 0 saturated carbocycles. The Morgan fingerprint density at radius 3 is 2.61 bits per heavy atom. The molecule has 3 rings (SSSR count). The summed E-state index contributed by atoms with van der Waals surface area (Å²) >= 11 is 0. The van der Waals surface area contributed by atoms with Crippen LogP contribution in [-0.4, -0.2) is 14.6 Å². The zero-order valence-corrected chi connectivity index (χ0v) is 9.76. The van der Waals surface area contributed by atoms with E-state index in [-0.39, 0.29) is 5.82 Å². The quantitative estimate of drug-likeness (QED) is 0.713. The Bertz CT molecular complexity index is 716. The molecule has 0 aliphatic rings. The topological polar surface area (TPSA) is 56.2 Å². The second kappa shape index (κ2) is 3.80. The Hall–Kier alpha value is -2.43. The summed E-state index contributed by atoms with van der Waals surface area (Å²) in [6, 6.07) is 7.94. The lowest BCUT2D eigenvalue weighted by Crippen LogP contribution is -1.96. The molecule has 0 fully saturated rings. The summed E-state index contributed by atoms with van der Waals surface area (Å²) in [7, 11) is 0. The fourth-order valence-corrected chi connectivity index (χ4v) is 1.78. The molecule has 2 N–H and O–H groups in total. The van der Waals surface area contributed by atoms with E-state index in [4.69, 9.17) is 5.73 Å². The van der Waals surface area contributed by atoms with Gasteiger partial charge < -0.3 is 5.73 Å². The minimum Gasteiger partial charge on any atom is -0.395 e. The first-order valence-electron chi connectivity index (χ1n) is 5.52. The molecule has 0 bridgehead atoms. The molecule has 0 radical (unpaired) electrons. The number of nitrogens with zero attached hydrogens (tertiary/aromatic N) is 3. The van der Waals surface area contributed by atoms with E-state index in [1.54, 1.807) is 22.8 Å².